The molecular weight excluding hydrogens is 391 g/mol. The number of morpholine rings is 1. The number of carbonyl (C=O) groups excluding carboxylic acids is 2. The van der Waals surface area contributed by atoms with Gasteiger partial charge in [-0.2, -0.15) is 0 Å². The number of likely N-dealkylation sites (tertiary alicyclic amines) is 1. The largest absolute Gasteiger partial charge is 0.373 e. The molecule has 2 aliphatic heterocycles. The van der Waals surface area contributed by atoms with E-state index in [1.165, 1.54) is 24.8 Å². The molecule has 29 heavy (non-hydrogen) atoms. The number of hydrogen-bond donors (Lipinski definition) is 0. The van der Waals surface area contributed by atoms with Gasteiger partial charge in [0.25, 0.3) is 0 Å². The summed E-state index contributed by atoms with van der Waals surface area (Å²) in [5, 5.41) is 0. The van der Waals surface area contributed by atoms with Crippen molar-refractivity contribution < 1.29 is 18.7 Å². The summed E-state index contributed by atoms with van der Waals surface area (Å²) in [5.74, 6) is 0.279. The highest BCUT2D eigenvalue weighted by molar-refractivity contribution is 8.00. The molecule has 2 unspecified atom stereocenters. The van der Waals surface area contributed by atoms with Crippen molar-refractivity contribution in [3.05, 3.63) is 29.6 Å². The molecule has 0 spiro atoms. The normalized spacial score (nSPS) is 23.9. The summed E-state index contributed by atoms with van der Waals surface area (Å²) in [6.07, 6.45) is 2.58. The Morgan fingerprint density at radius 3 is 2.41 bits per heavy atom. The number of halogens is 1. The molecule has 7 heteroatoms. The van der Waals surface area contributed by atoms with Crippen molar-refractivity contribution in [1.29, 1.82) is 0 Å². The zero-order valence-electron chi connectivity index (χ0n) is 17.5. The van der Waals surface area contributed by atoms with Crippen molar-refractivity contribution in [1.82, 2.24) is 9.80 Å². The molecule has 3 rings (SSSR count). The second-order valence-electron chi connectivity index (χ2n) is 8.29. The maximum Gasteiger partial charge on any atom is 0.232 e. The monoisotopic (exact) mass is 422 g/mol. The summed E-state index contributed by atoms with van der Waals surface area (Å²) in [4.78, 5) is 28.7. The van der Waals surface area contributed by atoms with Gasteiger partial charge in [-0.3, -0.25) is 14.5 Å². The topological polar surface area (TPSA) is 49.9 Å². The molecule has 5 nitrogen and oxygen atoms in total. The van der Waals surface area contributed by atoms with Crippen LogP contribution in [0.25, 0.3) is 0 Å². The van der Waals surface area contributed by atoms with Crippen LogP contribution in [0.1, 0.15) is 44.0 Å². The molecule has 0 N–H and O–H groups in total. The standard InChI is InChI=1S/C22H31FN2O3S/c1-15-11-24(12-16(2)28-15)13-18-6-8-25(9-7-18)22(27)14-29-21-5-4-19(17(3)26)10-20(21)23/h4-5,10,15-16,18H,6-9,11-14H2,1-3H3. The maximum atomic E-state index is 14.1. The quantitative estimate of drug-likeness (QED) is 0.519. The number of ketones is 1. The van der Waals surface area contributed by atoms with Gasteiger partial charge in [-0.25, -0.2) is 4.39 Å². The molecule has 0 aromatic heterocycles. The highest BCUT2D eigenvalue weighted by atomic mass is 32.2. The van der Waals surface area contributed by atoms with Gasteiger partial charge in [0.15, 0.2) is 5.78 Å². The number of nitrogens with zero attached hydrogens (tertiary/aromatic N) is 2. The smallest absolute Gasteiger partial charge is 0.232 e. The summed E-state index contributed by atoms with van der Waals surface area (Å²) in [5.41, 5.74) is 0.351. The number of hydrogen-bond acceptors (Lipinski definition) is 5. The minimum atomic E-state index is -0.442. The van der Waals surface area contributed by atoms with E-state index in [1.807, 2.05) is 4.90 Å². The SMILES string of the molecule is CC(=O)c1ccc(SCC(=O)N2CCC(CN3CC(C)OC(C)C3)CC2)c(F)c1. The van der Waals surface area contributed by atoms with Crippen LogP contribution in [0, 0.1) is 11.7 Å². The molecule has 160 valence electrons. The van der Waals surface area contributed by atoms with Crippen LogP contribution in [0.4, 0.5) is 4.39 Å². The van der Waals surface area contributed by atoms with Crippen LogP contribution in [0.3, 0.4) is 0 Å². The summed E-state index contributed by atoms with van der Waals surface area (Å²) in [6, 6.07) is 4.44. The summed E-state index contributed by atoms with van der Waals surface area (Å²) in [7, 11) is 0. The molecule has 2 saturated heterocycles. The van der Waals surface area contributed by atoms with E-state index < -0.39 is 5.82 Å². The molecule has 2 atom stereocenters. The van der Waals surface area contributed by atoms with Crippen molar-refractivity contribution >= 4 is 23.5 Å². The molecule has 0 saturated carbocycles. The highest BCUT2D eigenvalue weighted by Gasteiger charge is 2.28. The van der Waals surface area contributed by atoms with Gasteiger partial charge in [-0.05, 0) is 51.7 Å². The maximum absolute atomic E-state index is 14.1. The van der Waals surface area contributed by atoms with Crippen LogP contribution in [-0.2, 0) is 9.53 Å². The number of piperidine rings is 1. The first-order chi connectivity index (χ1) is 13.8. The molecular formula is C22H31FN2O3S. The lowest BCUT2D eigenvalue weighted by Gasteiger charge is -2.39. The van der Waals surface area contributed by atoms with E-state index in [1.54, 1.807) is 12.1 Å². The number of amides is 1. The molecule has 0 radical (unpaired) electrons. The second kappa shape index (κ2) is 10.0. The minimum Gasteiger partial charge on any atom is -0.373 e. The Morgan fingerprint density at radius 2 is 1.83 bits per heavy atom. The lowest BCUT2D eigenvalue weighted by molar-refractivity contribution is -0.129. The Bertz CT molecular complexity index is 727. The summed E-state index contributed by atoms with van der Waals surface area (Å²) in [6.45, 7) is 10.2. The first-order valence-corrected chi connectivity index (χ1v) is 11.4. The van der Waals surface area contributed by atoms with E-state index in [2.05, 4.69) is 18.7 Å². The molecule has 0 bridgehead atoms. The average molecular weight is 423 g/mol. The highest BCUT2D eigenvalue weighted by Crippen LogP contribution is 2.25. The lowest BCUT2D eigenvalue weighted by Crippen LogP contribution is -2.48. The van der Waals surface area contributed by atoms with Crippen molar-refractivity contribution in [2.75, 3.05) is 38.5 Å². The van der Waals surface area contributed by atoms with E-state index in [0.717, 1.165) is 45.6 Å². The third-order valence-corrected chi connectivity index (χ3v) is 6.70. The van der Waals surface area contributed by atoms with Crippen molar-refractivity contribution in [3.8, 4) is 0 Å². The lowest BCUT2D eigenvalue weighted by atomic mass is 9.95. The molecule has 2 heterocycles. The number of benzene rings is 1. The zero-order chi connectivity index (χ0) is 21.0. The van der Waals surface area contributed by atoms with Gasteiger partial charge in [0.1, 0.15) is 5.82 Å². The van der Waals surface area contributed by atoms with E-state index in [4.69, 9.17) is 4.74 Å². The van der Waals surface area contributed by atoms with Crippen molar-refractivity contribution in [3.63, 3.8) is 0 Å². The van der Waals surface area contributed by atoms with E-state index in [0.29, 0.717) is 16.4 Å². The van der Waals surface area contributed by atoms with E-state index in [9.17, 15) is 14.0 Å². The number of Topliss-reactive ketones (excluding diaryl/α,β-unsaturated/α-hetero) is 1. The van der Waals surface area contributed by atoms with Crippen LogP contribution >= 0.6 is 11.8 Å². The van der Waals surface area contributed by atoms with Gasteiger partial charge in [0.05, 0.1) is 18.0 Å². The van der Waals surface area contributed by atoms with Crippen molar-refractivity contribution in [2.24, 2.45) is 5.92 Å². The van der Waals surface area contributed by atoms with Crippen LogP contribution in [-0.4, -0.2) is 72.2 Å². The van der Waals surface area contributed by atoms with E-state index >= 15 is 0 Å². The van der Waals surface area contributed by atoms with Crippen LogP contribution < -0.4 is 0 Å². The Hall–Kier alpha value is -1.44. The molecule has 1 aromatic rings. The fraction of sp³-hybridized carbons (Fsp3) is 0.636. The third-order valence-electron chi connectivity index (χ3n) is 5.67. The molecule has 2 aliphatic rings. The third kappa shape index (κ3) is 6.27. The number of thioether (sulfide) groups is 1. The first-order valence-electron chi connectivity index (χ1n) is 10.4. The van der Waals surface area contributed by atoms with Crippen LogP contribution in [0.2, 0.25) is 0 Å². The Balaban J connectivity index is 1.42. The van der Waals surface area contributed by atoms with Crippen LogP contribution in [0.5, 0.6) is 0 Å². The fourth-order valence-electron chi connectivity index (χ4n) is 4.23. The van der Waals surface area contributed by atoms with E-state index in [-0.39, 0.29) is 29.7 Å². The molecule has 1 amide bonds. The van der Waals surface area contributed by atoms with Gasteiger partial charge in [0.2, 0.25) is 5.91 Å². The van der Waals surface area contributed by atoms with Crippen molar-refractivity contribution in [2.45, 2.75) is 50.7 Å². The minimum absolute atomic E-state index is 0.0529. The Kier molecular flexibility index (Phi) is 7.71. The van der Waals surface area contributed by atoms with Gasteiger partial charge in [0, 0.05) is 43.2 Å². The number of ether oxygens (including phenoxy) is 1. The van der Waals surface area contributed by atoms with Gasteiger partial charge in [-0.1, -0.05) is 6.07 Å². The Labute approximate surface area is 177 Å². The second-order valence-corrected chi connectivity index (χ2v) is 9.31. The van der Waals surface area contributed by atoms with Crippen LogP contribution in [0.15, 0.2) is 23.1 Å². The predicted octanol–water partition coefficient (Wildman–Crippen LogP) is 3.47. The zero-order valence-corrected chi connectivity index (χ0v) is 18.3. The summed E-state index contributed by atoms with van der Waals surface area (Å²) < 4.78 is 19.9. The molecule has 1 aromatic carbocycles. The summed E-state index contributed by atoms with van der Waals surface area (Å²) >= 11 is 1.20. The van der Waals surface area contributed by atoms with Gasteiger partial charge < -0.3 is 9.64 Å². The number of rotatable bonds is 6. The molecule has 0 aliphatic carbocycles. The fourth-order valence-corrected chi connectivity index (χ4v) is 5.05. The van der Waals surface area contributed by atoms with Gasteiger partial charge in [-0.15, -0.1) is 11.8 Å². The Morgan fingerprint density at radius 1 is 1.17 bits per heavy atom. The first kappa shape index (κ1) is 22.2. The predicted molar refractivity (Wildman–Crippen MR) is 113 cm³/mol. The average Bonchev–Trinajstić information content (AvgIpc) is 2.66. The van der Waals surface area contributed by atoms with Gasteiger partial charge >= 0.3 is 0 Å². The number of carbonyl (C=O) groups is 2. The molecule has 2 fully saturated rings.